The minimum absolute atomic E-state index is 0.342. The third kappa shape index (κ3) is 35.3. The second-order valence-electron chi connectivity index (χ2n) is 9.06. The van der Waals surface area contributed by atoms with Crippen LogP contribution in [0.15, 0.2) is 0 Å². The van der Waals surface area contributed by atoms with Crippen molar-refractivity contribution < 1.29 is 15.0 Å². The van der Waals surface area contributed by atoms with Crippen molar-refractivity contribution in [2.24, 2.45) is 5.92 Å². The summed E-state index contributed by atoms with van der Waals surface area (Å²) in [4.78, 5) is 10.2. The topological polar surface area (TPSA) is 57.5 Å². The van der Waals surface area contributed by atoms with Gasteiger partial charge in [0.05, 0.1) is 0 Å². The Labute approximate surface area is 183 Å². The number of aliphatic carboxylic acids is 1. The van der Waals surface area contributed by atoms with Crippen molar-refractivity contribution in [1.29, 1.82) is 0 Å². The van der Waals surface area contributed by atoms with Gasteiger partial charge in [-0.05, 0) is 18.8 Å². The number of carboxylic acid groups (broad SMARTS) is 1. The molecule has 0 saturated heterocycles. The van der Waals surface area contributed by atoms with E-state index in [2.05, 4.69) is 20.8 Å². The monoisotopic (exact) mass is 414 g/mol. The predicted molar refractivity (Wildman–Crippen MR) is 128 cm³/mol. The summed E-state index contributed by atoms with van der Waals surface area (Å²) in [6, 6.07) is 0. The zero-order valence-corrected chi connectivity index (χ0v) is 20.2. The molecule has 0 bridgehead atoms. The fourth-order valence-corrected chi connectivity index (χ4v) is 3.49. The average Bonchev–Trinajstić information content (AvgIpc) is 2.68. The summed E-state index contributed by atoms with van der Waals surface area (Å²) in [7, 11) is 0. The van der Waals surface area contributed by atoms with E-state index in [1.165, 1.54) is 103 Å². The van der Waals surface area contributed by atoms with Gasteiger partial charge in [-0.1, -0.05) is 130 Å². The molecule has 0 amide bonds. The third-order valence-corrected chi connectivity index (χ3v) is 5.43. The molecule has 0 fully saturated rings. The summed E-state index contributed by atoms with van der Waals surface area (Å²) < 4.78 is 0. The molecule has 0 aromatic carbocycles. The normalized spacial score (nSPS) is 10.8. The molecule has 3 nitrogen and oxygen atoms in total. The van der Waals surface area contributed by atoms with Crippen LogP contribution in [-0.2, 0) is 4.79 Å². The number of unbranched alkanes of at least 4 members (excludes halogenated alkanes) is 16. The molecular formula is C26H54O3. The molecule has 0 spiro atoms. The Morgan fingerprint density at radius 2 is 1.00 bits per heavy atom. The molecule has 0 heterocycles. The zero-order chi connectivity index (χ0) is 22.0. The van der Waals surface area contributed by atoms with Gasteiger partial charge in [0, 0.05) is 13.0 Å². The molecule has 0 rings (SSSR count). The molecule has 29 heavy (non-hydrogen) atoms. The van der Waals surface area contributed by atoms with Crippen LogP contribution in [0.5, 0.6) is 0 Å². The zero-order valence-electron chi connectivity index (χ0n) is 20.2. The van der Waals surface area contributed by atoms with Crippen molar-refractivity contribution >= 4 is 5.97 Å². The number of carbonyl (C=O) groups is 1. The Hall–Kier alpha value is -0.570. The summed E-state index contributed by atoms with van der Waals surface area (Å²) in [6.07, 6.45) is 24.9. The molecule has 2 N–H and O–H groups in total. The van der Waals surface area contributed by atoms with Crippen LogP contribution in [0.1, 0.15) is 149 Å². The molecule has 0 radical (unpaired) electrons. The van der Waals surface area contributed by atoms with Gasteiger partial charge in [-0.2, -0.15) is 0 Å². The van der Waals surface area contributed by atoms with Crippen molar-refractivity contribution in [3.8, 4) is 0 Å². The van der Waals surface area contributed by atoms with Gasteiger partial charge in [-0.25, -0.2) is 0 Å². The van der Waals surface area contributed by atoms with Crippen molar-refractivity contribution in [1.82, 2.24) is 0 Å². The average molecular weight is 415 g/mol. The summed E-state index contributed by atoms with van der Waals surface area (Å²) in [5, 5.41) is 17.0. The van der Waals surface area contributed by atoms with Gasteiger partial charge in [0.15, 0.2) is 0 Å². The second-order valence-corrected chi connectivity index (χ2v) is 9.06. The minimum atomic E-state index is -0.661. The lowest BCUT2D eigenvalue weighted by Gasteiger charge is -2.04. The van der Waals surface area contributed by atoms with Crippen LogP contribution in [0.25, 0.3) is 0 Å². The summed E-state index contributed by atoms with van der Waals surface area (Å²) >= 11 is 0. The first kappa shape index (κ1) is 30.6. The number of hydrogen-bond donors (Lipinski definition) is 2. The maximum atomic E-state index is 10.2. The van der Waals surface area contributed by atoms with Crippen molar-refractivity contribution in [3.05, 3.63) is 0 Å². The summed E-state index contributed by atoms with van der Waals surface area (Å²) in [5.74, 6) is 0.220. The molecule has 0 aromatic heterocycles. The lowest BCUT2D eigenvalue weighted by Crippen LogP contribution is -1.93. The third-order valence-electron chi connectivity index (χ3n) is 5.43. The quantitative estimate of drug-likeness (QED) is 0.185. The predicted octanol–water partition coefficient (Wildman–Crippen LogP) is 8.53. The van der Waals surface area contributed by atoms with E-state index >= 15 is 0 Å². The van der Waals surface area contributed by atoms with Gasteiger partial charge < -0.3 is 10.2 Å². The van der Waals surface area contributed by atoms with Gasteiger partial charge in [0.1, 0.15) is 0 Å². The van der Waals surface area contributed by atoms with E-state index in [0.29, 0.717) is 13.0 Å². The van der Waals surface area contributed by atoms with E-state index in [9.17, 15) is 4.79 Å². The SMILES string of the molecule is CC(C)CCCCCCCCCCCCO.CCCCCCCCCCC(=O)O. The van der Waals surface area contributed by atoms with Gasteiger partial charge in [0.2, 0.25) is 0 Å². The van der Waals surface area contributed by atoms with E-state index in [4.69, 9.17) is 10.2 Å². The molecule has 0 saturated carbocycles. The van der Waals surface area contributed by atoms with E-state index in [1.54, 1.807) is 0 Å². The molecule has 0 unspecified atom stereocenters. The fourth-order valence-electron chi connectivity index (χ4n) is 3.49. The molecular weight excluding hydrogens is 360 g/mol. The molecule has 0 aliphatic rings. The first-order chi connectivity index (χ1) is 14.0. The highest BCUT2D eigenvalue weighted by atomic mass is 16.4. The van der Waals surface area contributed by atoms with E-state index in [0.717, 1.165) is 25.2 Å². The van der Waals surface area contributed by atoms with Crippen LogP contribution in [0, 0.1) is 5.92 Å². The number of carboxylic acids is 1. The Kier molecular flexibility index (Phi) is 29.0. The maximum Gasteiger partial charge on any atom is 0.303 e. The highest BCUT2D eigenvalue weighted by Gasteiger charge is 1.96. The largest absolute Gasteiger partial charge is 0.481 e. The standard InChI is InChI=1S/C15H32O.C11H22O2/c1-15(2)13-11-9-7-5-3-4-6-8-10-12-14-16;1-2-3-4-5-6-7-8-9-10-11(12)13/h15-16H,3-14H2,1-2H3;2-10H2,1H3,(H,12,13). The van der Waals surface area contributed by atoms with Crippen molar-refractivity contribution in [2.75, 3.05) is 6.61 Å². The number of rotatable bonds is 21. The highest BCUT2D eigenvalue weighted by Crippen LogP contribution is 2.13. The van der Waals surface area contributed by atoms with Crippen molar-refractivity contribution in [2.45, 2.75) is 149 Å². The summed E-state index contributed by atoms with van der Waals surface area (Å²) in [6.45, 7) is 7.21. The Morgan fingerprint density at radius 1 is 0.621 bits per heavy atom. The van der Waals surface area contributed by atoms with Gasteiger partial charge in [-0.3, -0.25) is 4.79 Å². The number of aliphatic hydroxyl groups excluding tert-OH is 1. The smallest absolute Gasteiger partial charge is 0.303 e. The van der Waals surface area contributed by atoms with Gasteiger partial charge >= 0.3 is 5.97 Å². The lowest BCUT2D eigenvalue weighted by molar-refractivity contribution is -0.137. The molecule has 3 heteroatoms. The summed E-state index contributed by atoms with van der Waals surface area (Å²) in [5.41, 5.74) is 0. The maximum absolute atomic E-state index is 10.2. The fraction of sp³-hybridized carbons (Fsp3) is 0.962. The Morgan fingerprint density at radius 3 is 1.38 bits per heavy atom. The molecule has 0 atom stereocenters. The molecule has 0 aliphatic heterocycles. The Bertz CT molecular complexity index is 302. The van der Waals surface area contributed by atoms with Crippen LogP contribution in [0.4, 0.5) is 0 Å². The second kappa shape index (κ2) is 27.4. The molecule has 0 aromatic rings. The van der Waals surface area contributed by atoms with E-state index < -0.39 is 5.97 Å². The van der Waals surface area contributed by atoms with Crippen LogP contribution in [0.3, 0.4) is 0 Å². The number of aliphatic hydroxyl groups is 1. The minimum Gasteiger partial charge on any atom is -0.481 e. The van der Waals surface area contributed by atoms with Crippen LogP contribution in [0.2, 0.25) is 0 Å². The van der Waals surface area contributed by atoms with Crippen LogP contribution in [-0.4, -0.2) is 22.8 Å². The van der Waals surface area contributed by atoms with Crippen LogP contribution < -0.4 is 0 Å². The first-order valence-corrected chi connectivity index (χ1v) is 12.9. The van der Waals surface area contributed by atoms with Gasteiger partial charge in [0.25, 0.3) is 0 Å². The lowest BCUT2D eigenvalue weighted by atomic mass is 10.0. The Balaban J connectivity index is 0. The van der Waals surface area contributed by atoms with E-state index in [-0.39, 0.29) is 0 Å². The van der Waals surface area contributed by atoms with Crippen LogP contribution >= 0.6 is 0 Å². The van der Waals surface area contributed by atoms with Crippen molar-refractivity contribution in [3.63, 3.8) is 0 Å². The highest BCUT2D eigenvalue weighted by molar-refractivity contribution is 5.66. The van der Waals surface area contributed by atoms with E-state index in [1.807, 2.05) is 0 Å². The molecule has 0 aliphatic carbocycles. The first-order valence-electron chi connectivity index (χ1n) is 12.9. The van der Waals surface area contributed by atoms with Gasteiger partial charge in [-0.15, -0.1) is 0 Å². The number of hydrogen-bond acceptors (Lipinski definition) is 2. The molecule has 176 valence electrons.